The summed E-state index contributed by atoms with van der Waals surface area (Å²) in [4.78, 5) is -0.236. The van der Waals surface area contributed by atoms with Crippen LogP contribution in [0.15, 0.2) is 47.4 Å². The van der Waals surface area contributed by atoms with Gasteiger partial charge in [0.15, 0.2) is 9.84 Å². The second-order valence-electron chi connectivity index (χ2n) is 6.55. The first kappa shape index (κ1) is 21.2. The molecule has 2 N–H and O–H groups in total. The van der Waals surface area contributed by atoms with Crippen LogP contribution in [0.2, 0.25) is 0 Å². The third-order valence-electron chi connectivity index (χ3n) is 4.59. The van der Waals surface area contributed by atoms with Gasteiger partial charge < -0.3 is 19.7 Å². The smallest absolute Gasteiger partial charge is 0.268 e. The highest BCUT2D eigenvalue weighted by Crippen LogP contribution is 2.37. The Balaban J connectivity index is 2.21. The quantitative estimate of drug-likeness (QED) is 0.669. The normalized spacial score (nSPS) is 20.9. The predicted molar refractivity (Wildman–Crippen MR) is 106 cm³/mol. The van der Waals surface area contributed by atoms with Crippen LogP contribution < -0.4 is 13.8 Å². The van der Waals surface area contributed by atoms with E-state index >= 15 is 0 Å². The van der Waals surface area contributed by atoms with Gasteiger partial charge in [-0.25, -0.2) is 16.8 Å². The van der Waals surface area contributed by atoms with Crippen molar-refractivity contribution < 1.29 is 36.5 Å². The van der Waals surface area contributed by atoms with Gasteiger partial charge in [-0.3, -0.25) is 4.31 Å². The van der Waals surface area contributed by atoms with E-state index in [1.165, 1.54) is 56.7 Å². The van der Waals surface area contributed by atoms with Gasteiger partial charge in [-0.05, 0) is 24.3 Å². The number of rotatable bonds is 6. The zero-order valence-electron chi connectivity index (χ0n) is 15.7. The van der Waals surface area contributed by atoms with Crippen molar-refractivity contribution in [2.45, 2.75) is 17.0 Å². The lowest BCUT2D eigenvalue weighted by molar-refractivity contribution is 0.184. The Morgan fingerprint density at radius 1 is 1.07 bits per heavy atom. The van der Waals surface area contributed by atoms with E-state index < -0.39 is 43.5 Å². The van der Waals surface area contributed by atoms with Gasteiger partial charge in [0.1, 0.15) is 22.1 Å². The first-order valence-electron chi connectivity index (χ1n) is 8.53. The highest BCUT2D eigenvalue weighted by molar-refractivity contribution is 7.93. The molecule has 29 heavy (non-hydrogen) atoms. The average molecular weight is 443 g/mol. The van der Waals surface area contributed by atoms with Crippen LogP contribution >= 0.6 is 0 Å². The summed E-state index contributed by atoms with van der Waals surface area (Å²) in [5.74, 6) is -0.957. The van der Waals surface area contributed by atoms with Crippen molar-refractivity contribution in [3.63, 3.8) is 0 Å². The number of phenolic OH excluding ortho intramolecular Hbond substituents is 1. The molecule has 0 unspecified atom stereocenters. The molecule has 2 aromatic rings. The van der Waals surface area contributed by atoms with Gasteiger partial charge in [-0.15, -0.1) is 0 Å². The minimum atomic E-state index is -4.39. The van der Waals surface area contributed by atoms with Crippen LogP contribution in [-0.2, 0) is 19.9 Å². The van der Waals surface area contributed by atoms with Gasteiger partial charge in [0.05, 0.1) is 43.6 Å². The molecular formula is C18H21NO8S2. The third kappa shape index (κ3) is 4.11. The van der Waals surface area contributed by atoms with Crippen molar-refractivity contribution in [3.8, 4) is 17.2 Å². The number of methoxy groups -OCH3 is 2. The van der Waals surface area contributed by atoms with Gasteiger partial charge in [0, 0.05) is 12.1 Å². The molecule has 2 aromatic carbocycles. The molecule has 11 heteroatoms. The Hall–Kier alpha value is -2.50. The Labute approximate surface area is 169 Å². The van der Waals surface area contributed by atoms with Crippen LogP contribution in [0.4, 0.5) is 5.69 Å². The number of nitrogens with zero attached hydrogens (tertiary/aromatic N) is 1. The van der Waals surface area contributed by atoms with E-state index in [1.807, 2.05) is 0 Å². The highest BCUT2D eigenvalue weighted by Gasteiger charge is 2.45. The number of anilines is 1. The second-order valence-corrected chi connectivity index (χ2v) is 10.5. The summed E-state index contributed by atoms with van der Waals surface area (Å²) in [6.45, 7) is 0. The molecule has 1 heterocycles. The Morgan fingerprint density at radius 3 is 2.34 bits per heavy atom. The molecule has 0 aromatic heterocycles. The van der Waals surface area contributed by atoms with E-state index in [0.29, 0.717) is 5.75 Å². The van der Waals surface area contributed by atoms with Crippen molar-refractivity contribution in [1.29, 1.82) is 0 Å². The number of aliphatic hydroxyl groups excluding tert-OH is 1. The van der Waals surface area contributed by atoms with Crippen molar-refractivity contribution in [2.75, 3.05) is 30.0 Å². The Kier molecular flexibility index (Phi) is 5.65. The summed E-state index contributed by atoms with van der Waals surface area (Å²) in [6, 6.07) is 8.19. The summed E-state index contributed by atoms with van der Waals surface area (Å²) in [5.41, 5.74) is 0.0176. The van der Waals surface area contributed by atoms with Crippen molar-refractivity contribution in [2.24, 2.45) is 0 Å². The zero-order chi connectivity index (χ0) is 21.4. The summed E-state index contributed by atoms with van der Waals surface area (Å²) in [6.07, 6.45) is -1.43. The Morgan fingerprint density at radius 2 is 1.79 bits per heavy atom. The summed E-state index contributed by atoms with van der Waals surface area (Å²) < 4.78 is 62.4. The van der Waals surface area contributed by atoms with E-state index in [2.05, 4.69) is 0 Å². The van der Waals surface area contributed by atoms with Crippen LogP contribution in [0.1, 0.15) is 0 Å². The van der Waals surface area contributed by atoms with Gasteiger partial charge >= 0.3 is 0 Å². The van der Waals surface area contributed by atoms with Gasteiger partial charge in [-0.1, -0.05) is 6.07 Å². The minimum absolute atomic E-state index is 0.00940. The Bertz CT molecular complexity index is 1110. The number of hydrogen-bond donors (Lipinski definition) is 2. The zero-order valence-corrected chi connectivity index (χ0v) is 17.4. The molecule has 0 aliphatic carbocycles. The number of aliphatic hydroxyl groups is 1. The molecule has 1 aliphatic rings. The van der Waals surface area contributed by atoms with Gasteiger partial charge in [0.2, 0.25) is 0 Å². The molecule has 1 fully saturated rings. The number of sulfonamides is 1. The lowest BCUT2D eigenvalue weighted by atomic mass is 10.2. The number of sulfone groups is 1. The largest absolute Gasteiger partial charge is 0.508 e. The summed E-state index contributed by atoms with van der Waals surface area (Å²) >= 11 is 0. The number of aromatic hydroxyl groups is 1. The van der Waals surface area contributed by atoms with Crippen LogP contribution in [0.5, 0.6) is 17.2 Å². The fraction of sp³-hybridized carbons (Fsp3) is 0.333. The molecule has 3 rings (SSSR count). The van der Waals surface area contributed by atoms with Crippen LogP contribution in [0.3, 0.4) is 0 Å². The van der Waals surface area contributed by atoms with Crippen LogP contribution in [0.25, 0.3) is 0 Å². The molecule has 0 amide bonds. The van der Waals surface area contributed by atoms with E-state index in [9.17, 15) is 27.0 Å². The average Bonchev–Trinajstić information content (AvgIpc) is 2.93. The topological polar surface area (TPSA) is 130 Å². The number of hydrogen-bond acceptors (Lipinski definition) is 8. The predicted octanol–water partition coefficient (Wildman–Crippen LogP) is 0.763. The molecule has 9 nitrogen and oxygen atoms in total. The molecule has 158 valence electrons. The molecule has 0 bridgehead atoms. The second kappa shape index (κ2) is 7.73. The molecule has 0 saturated carbocycles. The standard InChI is InChI=1S/C18H21NO8S2/c1-26-14-6-7-18(17(9-14)27-2)29(24,25)19(12-4-3-5-13(20)8-12)15-10-28(22,23)11-16(15)21/h3-9,15-16,20-21H,10-11H2,1-2H3/t15-,16+/m0/s1. The van der Waals surface area contributed by atoms with Crippen molar-refractivity contribution in [3.05, 3.63) is 42.5 Å². The van der Waals surface area contributed by atoms with E-state index in [-0.39, 0.29) is 22.1 Å². The maximum atomic E-state index is 13.6. The van der Waals surface area contributed by atoms with Crippen molar-refractivity contribution in [1.82, 2.24) is 0 Å². The monoisotopic (exact) mass is 443 g/mol. The first-order chi connectivity index (χ1) is 13.6. The lowest BCUT2D eigenvalue weighted by Crippen LogP contribution is -2.47. The molecule has 1 aliphatic heterocycles. The van der Waals surface area contributed by atoms with E-state index in [1.54, 1.807) is 0 Å². The number of ether oxygens (including phenoxy) is 2. The van der Waals surface area contributed by atoms with Crippen molar-refractivity contribution >= 4 is 25.5 Å². The van der Waals surface area contributed by atoms with Crippen LogP contribution in [-0.4, -0.2) is 64.9 Å². The third-order valence-corrected chi connectivity index (χ3v) is 8.18. The molecular weight excluding hydrogens is 422 g/mol. The van der Waals surface area contributed by atoms with Gasteiger partial charge in [-0.2, -0.15) is 0 Å². The summed E-state index contributed by atoms with van der Waals surface area (Å²) in [7, 11) is -5.32. The fourth-order valence-corrected chi connectivity index (χ4v) is 6.94. The lowest BCUT2D eigenvalue weighted by Gasteiger charge is -2.32. The first-order valence-corrected chi connectivity index (χ1v) is 11.8. The molecule has 0 spiro atoms. The maximum absolute atomic E-state index is 13.6. The fourth-order valence-electron chi connectivity index (χ4n) is 3.27. The van der Waals surface area contributed by atoms with E-state index in [4.69, 9.17) is 9.47 Å². The molecule has 2 atom stereocenters. The summed E-state index contributed by atoms with van der Waals surface area (Å²) in [5, 5.41) is 20.2. The highest BCUT2D eigenvalue weighted by atomic mass is 32.2. The van der Waals surface area contributed by atoms with Gasteiger partial charge in [0.25, 0.3) is 10.0 Å². The molecule has 0 radical (unpaired) electrons. The number of benzene rings is 2. The maximum Gasteiger partial charge on any atom is 0.268 e. The number of phenols is 1. The van der Waals surface area contributed by atoms with Crippen LogP contribution in [0, 0.1) is 0 Å². The van der Waals surface area contributed by atoms with E-state index in [0.717, 1.165) is 4.31 Å². The molecule has 1 saturated heterocycles. The minimum Gasteiger partial charge on any atom is -0.508 e. The SMILES string of the molecule is COc1ccc(S(=O)(=O)N(c2cccc(O)c2)[C@H]2CS(=O)(=O)C[C@H]2O)c(OC)c1.